The van der Waals surface area contributed by atoms with E-state index in [1.165, 1.54) is 0 Å². The molecular formula is C19H16N6O2. The third-order valence-corrected chi connectivity index (χ3v) is 4.04. The lowest BCUT2D eigenvalue weighted by molar-refractivity contribution is 0.0932. The van der Waals surface area contributed by atoms with Gasteiger partial charge in [-0.3, -0.25) is 14.9 Å². The molecule has 0 saturated carbocycles. The number of pyridine rings is 1. The fraction of sp³-hybridized carbons (Fsp3) is 0.105. The number of amides is 1. The van der Waals surface area contributed by atoms with Crippen molar-refractivity contribution in [1.29, 1.82) is 0 Å². The maximum absolute atomic E-state index is 12.5. The summed E-state index contributed by atoms with van der Waals surface area (Å²) in [6.07, 6.45) is 5.01. The van der Waals surface area contributed by atoms with Crippen LogP contribution in [0.15, 0.2) is 65.6 Å². The van der Waals surface area contributed by atoms with Crippen LogP contribution in [0.4, 0.5) is 0 Å². The molecule has 8 heteroatoms. The Labute approximate surface area is 154 Å². The standard InChI is InChI=1S/C19H16N6O2/c1-12(19-23-17(25-27-19)15-3-2-9-20-11-15)22-18(26)14-6-4-13(5-7-14)16-8-10-21-24-16/h2-12H,1H3,(H,21,24)(H,22,26). The number of hydrogen-bond acceptors (Lipinski definition) is 6. The van der Waals surface area contributed by atoms with E-state index in [0.29, 0.717) is 17.3 Å². The fourth-order valence-corrected chi connectivity index (χ4v) is 2.58. The summed E-state index contributed by atoms with van der Waals surface area (Å²) in [5.41, 5.74) is 3.14. The highest BCUT2D eigenvalue weighted by Crippen LogP contribution is 2.19. The van der Waals surface area contributed by atoms with Crippen LogP contribution in [0.5, 0.6) is 0 Å². The quantitative estimate of drug-likeness (QED) is 0.566. The molecule has 0 bridgehead atoms. The van der Waals surface area contributed by atoms with Crippen LogP contribution >= 0.6 is 0 Å². The van der Waals surface area contributed by atoms with Crippen LogP contribution in [-0.2, 0) is 0 Å². The maximum Gasteiger partial charge on any atom is 0.251 e. The Hall–Kier alpha value is -3.81. The number of carbonyl (C=O) groups is 1. The van der Waals surface area contributed by atoms with Crippen LogP contribution in [0.3, 0.4) is 0 Å². The van der Waals surface area contributed by atoms with E-state index in [1.807, 2.05) is 24.3 Å². The molecule has 4 aromatic rings. The smallest absolute Gasteiger partial charge is 0.251 e. The van der Waals surface area contributed by atoms with Crippen molar-refractivity contribution in [2.45, 2.75) is 13.0 Å². The summed E-state index contributed by atoms with van der Waals surface area (Å²) in [6, 6.07) is 12.3. The lowest BCUT2D eigenvalue weighted by atomic mass is 10.1. The van der Waals surface area contributed by atoms with Gasteiger partial charge in [0.15, 0.2) is 0 Å². The molecule has 0 spiro atoms. The Morgan fingerprint density at radius 1 is 1.11 bits per heavy atom. The summed E-state index contributed by atoms with van der Waals surface area (Å²) >= 11 is 0. The second kappa shape index (κ2) is 7.20. The molecule has 1 aromatic carbocycles. The number of hydrogen-bond donors (Lipinski definition) is 2. The van der Waals surface area contributed by atoms with Gasteiger partial charge in [-0.15, -0.1) is 0 Å². The van der Waals surface area contributed by atoms with E-state index in [2.05, 4.69) is 30.6 Å². The highest BCUT2D eigenvalue weighted by atomic mass is 16.5. The Kier molecular flexibility index (Phi) is 4.44. The van der Waals surface area contributed by atoms with Crippen LogP contribution < -0.4 is 5.32 Å². The number of rotatable bonds is 5. The summed E-state index contributed by atoms with van der Waals surface area (Å²) in [4.78, 5) is 20.8. The molecular weight excluding hydrogens is 344 g/mol. The zero-order valence-corrected chi connectivity index (χ0v) is 14.5. The number of nitrogens with one attached hydrogen (secondary N) is 2. The zero-order valence-electron chi connectivity index (χ0n) is 14.5. The van der Waals surface area contributed by atoms with Gasteiger partial charge in [-0.2, -0.15) is 10.1 Å². The van der Waals surface area contributed by atoms with Gasteiger partial charge in [-0.05, 0) is 42.8 Å². The highest BCUT2D eigenvalue weighted by Gasteiger charge is 2.18. The Balaban J connectivity index is 1.44. The Bertz CT molecular complexity index is 1030. The topological polar surface area (TPSA) is 110 Å². The van der Waals surface area contributed by atoms with Crippen molar-refractivity contribution in [3.8, 4) is 22.6 Å². The maximum atomic E-state index is 12.5. The number of aromatic nitrogens is 5. The van der Waals surface area contributed by atoms with Crippen LogP contribution in [0.2, 0.25) is 0 Å². The van der Waals surface area contributed by atoms with Crippen molar-refractivity contribution >= 4 is 5.91 Å². The molecule has 3 aromatic heterocycles. The molecule has 2 N–H and O–H groups in total. The van der Waals surface area contributed by atoms with Crippen molar-refractivity contribution in [2.75, 3.05) is 0 Å². The minimum atomic E-state index is -0.428. The first-order valence-corrected chi connectivity index (χ1v) is 8.35. The van der Waals surface area contributed by atoms with Crippen molar-refractivity contribution in [3.05, 3.63) is 72.5 Å². The van der Waals surface area contributed by atoms with E-state index in [4.69, 9.17) is 4.52 Å². The van der Waals surface area contributed by atoms with Crippen LogP contribution in [0, 0.1) is 0 Å². The molecule has 0 aliphatic heterocycles. The van der Waals surface area contributed by atoms with Gasteiger partial charge in [-0.1, -0.05) is 17.3 Å². The van der Waals surface area contributed by atoms with E-state index in [0.717, 1.165) is 16.8 Å². The SMILES string of the molecule is CC(NC(=O)c1ccc(-c2ccn[nH]2)cc1)c1nc(-c2cccnc2)no1. The molecule has 1 unspecified atom stereocenters. The highest BCUT2D eigenvalue weighted by molar-refractivity contribution is 5.94. The molecule has 134 valence electrons. The fourth-order valence-electron chi connectivity index (χ4n) is 2.58. The third kappa shape index (κ3) is 3.59. The molecule has 3 heterocycles. The minimum Gasteiger partial charge on any atom is -0.341 e. The summed E-state index contributed by atoms with van der Waals surface area (Å²) in [7, 11) is 0. The molecule has 0 saturated heterocycles. The first kappa shape index (κ1) is 16.6. The minimum absolute atomic E-state index is 0.222. The number of carbonyl (C=O) groups excluding carboxylic acids is 1. The third-order valence-electron chi connectivity index (χ3n) is 4.04. The molecule has 4 rings (SSSR count). The van der Waals surface area contributed by atoms with Crippen molar-refractivity contribution in [2.24, 2.45) is 0 Å². The van der Waals surface area contributed by atoms with Crippen molar-refractivity contribution < 1.29 is 9.32 Å². The van der Waals surface area contributed by atoms with Crippen LogP contribution in [-0.4, -0.2) is 31.2 Å². The van der Waals surface area contributed by atoms with Gasteiger partial charge >= 0.3 is 0 Å². The first-order chi connectivity index (χ1) is 13.2. The summed E-state index contributed by atoms with van der Waals surface area (Å²) in [6.45, 7) is 1.79. The predicted octanol–water partition coefficient (Wildman–Crippen LogP) is 3.01. The number of H-pyrrole nitrogens is 1. The number of nitrogens with zero attached hydrogens (tertiary/aromatic N) is 4. The molecule has 0 radical (unpaired) electrons. The normalized spacial score (nSPS) is 11.9. The van der Waals surface area contributed by atoms with E-state index in [1.54, 1.807) is 43.7 Å². The van der Waals surface area contributed by atoms with Gasteiger partial charge in [0.2, 0.25) is 11.7 Å². The van der Waals surface area contributed by atoms with E-state index >= 15 is 0 Å². The van der Waals surface area contributed by atoms with E-state index in [-0.39, 0.29) is 5.91 Å². The van der Waals surface area contributed by atoms with Gasteiger partial charge in [0.1, 0.15) is 6.04 Å². The summed E-state index contributed by atoms with van der Waals surface area (Å²) in [5, 5.41) is 13.6. The van der Waals surface area contributed by atoms with Crippen LogP contribution in [0.1, 0.15) is 29.2 Å². The van der Waals surface area contributed by atoms with Crippen molar-refractivity contribution in [1.82, 2.24) is 30.6 Å². The predicted molar refractivity (Wildman–Crippen MR) is 97.4 cm³/mol. The average Bonchev–Trinajstić information content (AvgIpc) is 3.41. The van der Waals surface area contributed by atoms with Gasteiger partial charge in [0, 0.05) is 29.7 Å². The Morgan fingerprint density at radius 3 is 2.67 bits per heavy atom. The van der Waals surface area contributed by atoms with Crippen molar-refractivity contribution in [3.63, 3.8) is 0 Å². The summed E-state index contributed by atoms with van der Waals surface area (Å²) < 4.78 is 5.27. The molecule has 27 heavy (non-hydrogen) atoms. The number of aromatic amines is 1. The first-order valence-electron chi connectivity index (χ1n) is 8.35. The molecule has 0 fully saturated rings. The van der Waals surface area contributed by atoms with Crippen LogP contribution in [0.25, 0.3) is 22.6 Å². The van der Waals surface area contributed by atoms with Gasteiger partial charge in [-0.25, -0.2) is 0 Å². The number of benzene rings is 1. The Morgan fingerprint density at radius 2 is 1.96 bits per heavy atom. The van der Waals surface area contributed by atoms with Gasteiger partial charge < -0.3 is 9.84 Å². The largest absolute Gasteiger partial charge is 0.341 e. The monoisotopic (exact) mass is 360 g/mol. The average molecular weight is 360 g/mol. The molecule has 0 aliphatic rings. The lowest BCUT2D eigenvalue weighted by Gasteiger charge is -2.10. The second-order valence-corrected chi connectivity index (χ2v) is 5.94. The second-order valence-electron chi connectivity index (χ2n) is 5.94. The van der Waals surface area contributed by atoms with Gasteiger partial charge in [0.25, 0.3) is 5.91 Å². The molecule has 0 aliphatic carbocycles. The van der Waals surface area contributed by atoms with E-state index < -0.39 is 6.04 Å². The van der Waals surface area contributed by atoms with E-state index in [9.17, 15) is 4.79 Å². The van der Waals surface area contributed by atoms with Gasteiger partial charge in [0.05, 0.1) is 5.69 Å². The zero-order chi connectivity index (χ0) is 18.6. The lowest BCUT2D eigenvalue weighted by Crippen LogP contribution is -2.26. The molecule has 8 nitrogen and oxygen atoms in total. The molecule has 1 atom stereocenters. The molecule has 1 amide bonds. The summed E-state index contributed by atoms with van der Waals surface area (Å²) in [5.74, 6) is 0.541.